The minimum Gasteiger partial charge on any atom is -0.487 e. The van der Waals surface area contributed by atoms with Crippen molar-refractivity contribution in [1.82, 2.24) is 0 Å². The highest BCUT2D eigenvalue weighted by Crippen LogP contribution is 2.37. The van der Waals surface area contributed by atoms with E-state index in [-0.39, 0.29) is 17.7 Å². The van der Waals surface area contributed by atoms with Crippen LogP contribution in [-0.2, 0) is 11.4 Å². The minimum absolute atomic E-state index is 0.108. The number of halogens is 4. The topological polar surface area (TPSA) is 46.6 Å². The molecule has 0 unspecified atom stereocenters. The summed E-state index contributed by atoms with van der Waals surface area (Å²) in [6, 6.07) is 16.8. The van der Waals surface area contributed by atoms with E-state index in [0.717, 1.165) is 29.4 Å². The Morgan fingerprint density at radius 1 is 1.03 bits per heavy atom. The number of thioether (sulfide) groups is 1. The summed E-state index contributed by atoms with van der Waals surface area (Å²) >= 11 is 11.2. The molecule has 0 saturated carbocycles. The second-order valence-electron chi connectivity index (χ2n) is 6.69. The Balaban J connectivity index is 1.56. The Morgan fingerprint density at radius 2 is 1.75 bits per heavy atom. The van der Waals surface area contributed by atoms with Gasteiger partial charge in [0.15, 0.2) is 0 Å². The summed E-state index contributed by atoms with van der Waals surface area (Å²) in [5.41, 5.74) is 1.66. The van der Waals surface area contributed by atoms with Gasteiger partial charge in [0.1, 0.15) is 18.2 Å². The standard InChI is InChI=1S/C23H13ClFI2NO3S/c24-15-5-3-6-16(11-15)28-22(29)20(32-23(28)30)10-13-8-18(26)21(19(27)9-13)31-12-14-4-1-2-7-17(14)25/h1-11H,12H2/b20-10+. The molecule has 9 heteroatoms. The molecular formula is C23H13ClFI2NO3S. The molecule has 162 valence electrons. The first kappa shape index (κ1) is 23.5. The molecule has 2 amide bonds. The molecule has 3 aromatic rings. The lowest BCUT2D eigenvalue weighted by molar-refractivity contribution is -0.113. The largest absolute Gasteiger partial charge is 0.487 e. The van der Waals surface area contributed by atoms with Crippen LogP contribution < -0.4 is 9.64 Å². The highest BCUT2D eigenvalue weighted by Gasteiger charge is 2.36. The highest BCUT2D eigenvalue weighted by atomic mass is 127. The van der Waals surface area contributed by atoms with Crippen molar-refractivity contribution in [1.29, 1.82) is 0 Å². The van der Waals surface area contributed by atoms with E-state index in [2.05, 4.69) is 45.2 Å². The Kier molecular flexibility index (Phi) is 7.43. The van der Waals surface area contributed by atoms with E-state index in [1.807, 2.05) is 12.1 Å². The van der Waals surface area contributed by atoms with Gasteiger partial charge in [-0.1, -0.05) is 35.9 Å². The molecule has 4 nitrogen and oxygen atoms in total. The first-order valence-electron chi connectivity index (χ1n) is 9.22. The summed E-state index contributed by atoms with van der Waals surface area (Å²) in [5, 5.41) is 0.0679. The number of carbonyl (C=O) groups excluding carboxylic acids is 2. The zero-order valence-electron chi connectivity index (χ0n) is 16.2. The predicted molar refractivity (Wildman–Crippen MR) is 143 cm³/mol. The smallest absolute Gasteiger partial charge is 0.298 e. The van der Waals surface area contributed by atoms with E-state index < -0.39 is 5.91 Å². The third kappa shape index (κ3) is 5.13. The van der Waals surface area contributed by atoms with Gasteiger partial charge in [0.2, 0.25) is 0 Å². The minimum atomic E-state index is -0.396. The summed E-state index contributed by atoms with van der Waals surface area (Å²) < 4.78 is 21.3. The van der Waals surface area contributed by atoms with Gasteiger partial charge in [-0.05, 0) is 105 Å². The lowest BCUT2D eigenvalue weighted by Crippen LogP contribution is -2.27. The summed E-state index contributed by atoms with van der Waals surface area (Å²) in [4.78, 5) is 26.8. The molecule has 1 aliphatic heterocycles. The van der Waals surface area contributed by atoms with E-state index >= 15 is 0 Å². The van der Waals surface area contributed by atoms with Crippen LogP contribution in [0.5, 0.6) is 5.75 Å². The van der Waals surface area contributed by atoms with Crippen molar-refractivity contribution in [3.63, 3.8) is 0 Å². The quantitative estimate of drug-likeness (QED) is 0.205. The van der Waals surface area contributed by atoms with Gasteiger partial charge in [-0.3, -0.25) is 9.59 Å². The van der Waals surface area contributed by atoms with Crippen LogP contribution in [0.4, 0.5) is 14.9 Å². The maximum atomic E-state index is 13.9. The van der Waals surface area contributed by atoms with Crippen LogP contribution in [0.1, 0.15) is 11.1 Å². The van der Waals surface area contributed by atoms with Crippen molar-refractivity contribution in [2.24, 2.45) is 0 Å². The number of hydrogen-bond donors (Lipinski definition) is 0. The van der Waals surface area contributed by atoms with E-state index in [1.165, 1.54) is 6.07 Å². The molecule has 0 aliphatic carbocycles. The molecule has 0 atom stereocenters. The van der Waals surface area contributed by atoms with Crippen LogP contribution >= 0.6 is 68.5 Å². The van der Waals surface area contributed by atoms with Gasteiger partial charge in [0.05, 0.1) is 17.7 Å². The summed E-state index contributed by atoms with van der Waals surface area (Å²) in [7, 11) is 0. The predicted octanol–water partition coefficient (Wildman–Crippen LogP) is 7.51. The molecule has 0 spiro atoms. The van der Waals surface area contributed by atoms with Crippen LogP contribution in [0.2, 0.25) is 5.02 Å². The van der Waals surface area contributed by atoms with Gasteiger partial charge < -0.3 is 4.74 Å². The number of ether oxygens (including phenoxy) is 1. The van der Waals surface area contributed by atoms with Crippen LogP contribution in [0.3, 0.4) is 0 Å². The van der Waals surface area contributed by atoms with E-state index in [4.69, 9.17) is 16.3 Å². The highest BCUT2D eigenvalue weighted by molar-refractivity contribution is 14.1. The van der Waals surface area contributed by atoms with Gasteiger partial charge in [-0.2, -0.15) is 0 Å². The van der Waals surface area contributed by atoms with E-state index in [9.17, 15) is 14.0 Å². The third-order valence-corrected chi connectivity index (χ3v) is 7.22. The number of rotatable bonds is 5. The fourth-order valence-corrected chi connectivity index (χ4v) is 6.18. The van der Waals surface area contributed by atoms with Crippen LogP contribution in [-0.4, -0.2) is 11.1 Å². The van der Waals surface area contributed by atoms with Crippen molar-refractivity contribution >= 4 is 91.5 Å². The second-order valence-corrected chi connectivity index (χ2v) is 10.4. The number of benzene rings is 3. The van der Waals surface area contributed by atoms with Crippen molar-refractivity contribution in [3.05, 3.63) is 94.7 Å². The van der Waals surface area contributed by atoms with E-state index in [1.54, 1.807) is 48.5 Å². The Labute approximate surface area is 220 Å². The maximum Gasteiger partial charge on any atom is 0.298 e. The number of imide groups is 1. The van der Waals surface area contributed by atoms with Crippen molar-refractivity contribution in [2.45, 2.75) is 6.61 Å². The number of anilines is 1. The van der Waals surface area contributed by atoms with Gasteiger partial charge in [-0.15, -0.1) is 0 Å². The molecule has 0 aromatic heterocycles. The molecule has 3 aromatic carbocycles. The Bertz CT molecular complexity index is 1240. The average molecular weight is 692 g/mol. The molecule has 4 rings (SSSR count). The molecule has 0 bridgehead atoms. The first-order chi connectivity index (χ1) is 15.3. The molecule has 1 fully saturated rings. The van der Waals surface area contributed by atoms with Crippen LogP contribution in [0, 0.1) is 13.0 Å². The van der Waals surface area contributed by atoms with Crippen molar-refractivity contribution in [3.8, 4) is 5.75 Å². The lowest BCUT2D eigenvalue weighted by atomic mass is 10.2. The van der Waals surface area contributed by atoms with Crippen molar-refractivity contribution in [2.75, 3.05) is 4.90 Å². The first-order valence-corrected chi connectivity index (χ1v) is 12.6. The van der Waals surface area contributed by atoms with Gasteiger partial charge in [-0.25, -0.2) is 9.29 Å². The summed E-state index contributed by atoms with van der Waals surface area (Å²) in [6.45, 7) is 0.108. The fraction of sp³-hybridized carbons (Fsp3) is 0.0435. The van der Waals surface area contributed by atoms with E-state index in [0.29, 0.717) is 26.9 Å². The number of amides is 2. The maximum absolute atomic E-state index is 13.9. The summed E-state index contributed by atoms with van der Waals surface area (Å²) in [6.07, 6.45) is 1.68. The second kappa shape index (κ2) is 10.1. The van der Waals surface area contributed by atoms with Gasteiger partial charge in [0, 0.05) is 10.6 Å². The molecule has 1 saturated heterocycles. The average Bonchev–Trinajstić information content (AvgIpc) is 3.01. The zero-order valence-corrected chi connectivity index (χ0v) is 22.0. The number of hydrogen-bond acceptors (Lipinski definition) is 4. The zero-order chi connectivity index (χ0) is 22.8. The number of nitrogens with zero attached hydrogens (tertiary/aromatic N) is 1. The van der Waals surface area contributed by atoms with Crippen LogP contribution in [0.15, 0.2) is 65.6 Å². The monoisotopic (exact) mass is 691 g/mol. The Morgan fingerprint density at radius 3 is 2.44 bits per heavy atom. The fourth-order valence-electron chi connectivity index (χ4n) is 3.02. The normalized spacial score (nSPS) is 15.0. The van der Waals surface area contributed by atoms with Gasteiger partial charge in [0.25, 0.3) is 11.1 Å². The molecule has 32 heavy (non-hydrogen) atoms. The number of carbonyl (C=O) groups is 2. The van der Waals surface area contributed by atoms with Gasteiger partial charge >= 0.3 is 0 Å². The molecule has 1 aliphatic rings. The molecule has 0 N–H and O–H groups in total. The molecule has 1 heterocycles. The molecule has 0 radical (unpaired) electrons. The lowest BCUT2D eigenvalue weighted by Gasteiger charge is -2.13. The summed E-state index contributed by atoms with van der Waals surface area (Å²) in [5.74, 6) is -0.0737. The van der Waals surface area contributed by atoms with Crippen molar-refractivity contribution < 1.29 is 18.7 Å². The SMILES string of the molecule is O=C1S/C(=C/c2cc(I)c(OCc3ccccc3F)c(I)c2)C(=O)N1c1cccc(Cl)c1. The Hall–Kier alpha value is -1.63. The molecular weight excluding hydrogens is 679 g/mol. The third-order valence-electron chi connectivity index (χ3n) is 4.51. The van der Waals surface area contributed by atoms with Crippen LogP contribution in [0.25, 0.3) is 6.08 Å².